The molecule has 0 saturated heterocycles. The number of aryl methyl sites for hydroxylation is 1. The van der Waals surface area contributed by atoms with E-state index in [1.54, 1.807) is 6.92 Å². The van der Waals surface area contributed by atoms with E-state index in [1.807, 2.05) is 25.1 Å². The topological polar surface area (TPSA) is 46.5 Å². The highest BCUT2D eigenvalue weighted by Gasteiger charge is 2.21. The second-order valence-electron chi connectivity index (χ2n) is 4.62. The Morgan fingerprint density at radius 3 is 2.50 bits per heavy atom. The average molecular weight is 250 g/mol. The van der Waals surface area contributed by atoms with Crippen LogP contribution in [0.25, 0.3) is 0 Å². The quantitative estimate of drug-likeness (QED) is 0.817. The van der Waals surface area contributed by atoms with Crippen LogP contribution < -0.4 is 0 Å². The number of rotatable bonds is 5. The number of hydrogen-bond acceptors (Lipinski definition) is 3. The molecular weight excluding hydrogens is 228 g/mol. The molecule has 0 heterocycles. The number of ether oxygens (including phenoxy) is 1. The van der Waals surface area contributed by atoms with Gasteiger partial charge in [-0.05, 0) is 36.0 Å². The lowest BCUT2D eigenvalue weighted by molar-refractivity contribution is -0.153. The molecule has 100 valence electrons. The first kappa shape index (κ1) is 14.7. The Hall–Kier alpha value is -1.35. The van der Waals surface area contributed by atoms with Crippen molar-refractivity contribution in [2.24, 2.45) is 0 Å². The van der Waals surface area contributed by atoms with Crippen LogP contribution in [0.15, 0.2) is 18.2 Å². The zero-order valence-corrected chi connectivity index (χ0v) is 11.6. The third kappa shape index (κ3) is 3.33. The first-order valence-corrected chi connectivity index (χ1v) is 6.48. The third-order valence-electron chi connectivity index (χ3n) is 3.02. The van der Waals surface area contributed by atoms with Crippen molar-refractivity contribution in [3.05, 3.63) is 34.9 Å². The van der Waals surface area contributed by atoms with Gasteiger partial charge in [-0.3, -0.25) is 0 Å². The van der Waals surface area contributed by atoms with Crippen molar-refractivity contribution in [3.8, 4) is 0 Å². The van der Waals surface area contributed by atoms with E-state index in [0.29, 0.717) is 11.5 Å². The van der Waals surface area contributed by atoms with Crippen molar-refractivity contribution < 1.29 is 14.6 Å². The summed E-state index contributed by atoms with van der Waals surface area (Å²) in [6.45, 7) is 8.19. The molecule has 0 bridgehead atoms. The summed E-state index contributed by atoms with van der Waals surface area (Å²) < 4.78 is 4.87. The minimum atomic E-state index is -1.18. The van der Waals surface area contributed by atoms with E-state index in [1.165, 1.54) is 0 Å². The lowest BCUT2D eigenvalue weighted by Crippen LogP contribution is -2.17. The summed E-state index contributed by atoms with van der Waals surface area (Å²) in [4.78, 5) is 11.6. The lowest BCUT2D eigenvalue weighted by atomic mass is 9.93. The molecule has 3 nitrogen and oxygen atoms in total. The zero-order valence-electron chi connectivity index (χ0n) is 11.6. The fourth-order valence-electron chi connectivity index (χ4n) is 1.90. The van der Waals surface area contributed by atoms with Crippen molar-refractivity contribution >= 4 is 5.97 Å². The monoisotopic (exact) mass is 250 g/mol. The van der Waals surface area contributed by atoms with Gasteiger partial charge in [0.25, 0.3) is 0 Å². The van der Waals surface area contributed by atoms with Gasteiger partial charge in [0.05, 0.1) is 6.61 Å². The van der Waals surface area contributed by atoms with Gasteiger partial charge in [-0.1, -0.05) is 39.0 Å². The Morgan fingerprint density at radius 2 is 2.00 bits per heavy atom. The molecule has 1 N–H and O–H groups in total. The Bertz CT molecular complexity index is 410. The maximum atomic E-state index is 11.6. The Labute approximate surface area is 109 Å². The number of hydrogen-bond donors (Lipinski definition) is 1. The molecule has 0 aliphatic heterocycles. The van der Waals surface area contributed by atoms with Crippen LogP contribution in [0.1, 0.15) is 56.4 Å². The molecule has 0 radical (unpaired) electrons. The minimum absolute atomic E-state index is 0.279. The predicted molar refractivity (Wildman–Crippen MR) is 71.5 cm³/mol. The van der Waals surface area contributed by atoms with Gasteiger partial charge < -0.3 is 9.84 Å². The number of carbonyl (C=O) groups excluding carboxylic acids is 1. The van der Waals surface area contributed by atoms with Gasteiger partial charge in [-0.2, -0.15) is 0 Å². The van der Waals surface area contributed by atoms with Crippen LogP contribution in [0, 0.1) is 0 Å². The van der Waals surface area contributed by atoms with Gasteiger partial charge in [0.2, 0.25) is 0 Å². The van der Waals surface area contributed by atoms with Gasteiger partial charge in [-0.25, -0.2) is 4.79 Å². The number of carbonyl (C=O) groups is 1. The Morgan fingerprint density at radius 1 is 1.33 bits per heavy atom. The summed E-state index contributed by atoms with van der Waals surface area (Å²) in [5.41, 5.74) is 2.77. The van der Waals surface area contributed by atoms with E-state index in [0.717, 1.165) is 17.5 Å². The van der Waals surface area contributed by atoms with Crippen molar-refractivity contribution in [3.63, 3.8) is 0 Å². The van der Waals surface area contributed by atoms with Crippen molar-refractivity contribution in [1.82, 2.24) is 0 Å². The van der Waals surface area contributed by atoms with Crippen LogP contribution in [-0.4, -0.2) is 17.7 Å². The fourth-order valence-corrected chi connectivity index (χ4v) is 1.90. The van der Waals surface area contributed by atoms with Gasteiger partial charge >= 0.3 is 5.97 Å². The smallest absolute Gasteiger partial charge is 0.339 e. The molecular formula is C15H22O3. The summed E-state index contributed by atoms with van der Waals surface area (Å²) in [6.07, 6.45) is -0.400. The second kappa shape index (κ2) is 6.55. The molecule has 0 saturated carbocycles. The number of benzene rings is 1. The van der Waals surface area contributed by atoms with Crippen molar-refractivity contribution in [2.45, 2.75) is 46.1 Å². The first-order valence-electron chi connectivity index (χ1n) is 6.48. The molecule has 1 aromatic rings. The SMILES string of the molecule is CCOC(=O)C(O)c1cc(C(C)C)ccc1CC. The number of aliphatic hydroxyl groups is 1. The molecule has 0 amide bonds. The van der Waals surface area contributed by atoms with E-state index in [-0.39, 0.29) is 6.61 Å². The predicted octanol–water partition coefficient (Wildman–Crippen LogP) is 2.97. The largest absolute Gasteiger partial charge is 0.464 e. The van der Waals surface area contributed by atoms with E-state index in [9.17, 15) is 9.90 Å². The Balaban J connectivity index is 3.11. The van der Waals surface area contributed by atoms with E-state index in [4.69, 9.17) is 4.74 Å². The van der Waals surface area contributed by atoms with E-state index < -0.39 is 12.1 Å². The molecule has 1 rings (SSSR count). The van der Waals surface area contributed by atoms with Crippen LogP contribution in [0.4, 0.5) is 0 Å². The van der Waals surface area contributed by atoms with Crippen LogP contribution in [0.3, 0.4) is 0 Å². The molecule has 1 aromatic carbocycles. The summed E-state index contributed by atoms with van der Waals surface area (Å²) in [5, 5.41) is 10.1. The molecule has 0 spiro atoms. The standard InChI is InChI=1S/C15H22O3/c1-5-11-7-8-12(10(3)4)9-13(11)14(16)15(17)18-6-2/h7-10,14,16H,5-6H2,1-4H3. The van der Waals surface area contributed by atoms with Crippen LogP contribution in [-0.2, 0) is 16.0 Å². The first-order chi connectivity index (χ1) is 8.51. The maximum absolute atomic E-state index is 11.6. The van der Waals surface area contributed by atoms with Gasteiger partial charge in [0.15, 0.2) is 6.10 Å². The Kier molecular flexibility index (Phi) is 5.35. The zero-order chi connectivity index (χ0) is 13.7. The van der Waals surface area contributed by atoms with Gasteiger partial charge in [-0.15, -0.1) is 0 Å². The minimum Gasteiger partial charge on any atom is -0.464 e. The number of aliphatic hydroxyl groups excluding tert-OH is 1. The molecule has 0 fully saturated rings. The molecule has 18 heavy (non-hydrogen) atoms. The average Bonchev–Trinajstić information content (AvgIpc) is 2.37. The molecule has 1 unspecified atom stereocenters. The fraction of sp³-hybridized carbons (Fsp3) is 0.533. The lowest BCUT2D eigenvalue weighted by Gasteiger charge is -2.16. The number of esters is 1. The highest BCUT2D eigenvalue weighted by atomic mass is 16.5. The van der Waals surface area contributed by atoms with Crippen LogP contribution in [0.2, 0.25) is 0 Å². The second-order valence-corrected chi connectivity index (χ2v) is 4.62. The normalized spacial score (nSPS) is 12.6. The summed E-state index contributed by atoms with van der Waals surface area (Å²) in [7, 11) is 0. The van der Waals surface area contributed by atoms with Gasteiger partial charge in [0.1, 0.15) is 0 Å². The maximum Gasteiger partial charge on any atom is 0.339 e. The molecule has 1 atom stereocenters. The van der Waals surface area contributed by atoms with E-state index in [2.05, 4.69) is 13.8 Å². The molecule has 0 aliphatic carbocycles. The highest BCUT2D eigenvalue weighted by molar-refractivity contribution is 5.76. The summed E-state index contributed by atoms with van der Waals surface area (Å²) in [5.74, 6) is -0.211. The van der Waals surface area contributed by atoms with Crippen LogP contribution >= 0.6 is 0 Å². The van der Waals surface area contributed by atoms with Crippen LogP contribution in [0.5, 0.6) is 0 Å². The van der Waals surface area contributed by atoms with Gasteiger partial charge in [0, 0.05) is 0 Å². The molecule has 0 aromatic heterocycles. The third-order valence-corrected chi connectivity index (χ3v) is 3.02. The molecule has 0 aliphatic rings. The van der Waals surface area contributed by atoms with E-state index >= 15 is 0 Å². The van der Waals surface area contributed by atoms with Crippen molar-refractivity contribution in [2.75, 3.05) is 6.61 Å². The van der Waals surface area contributed by atoms with Crippen molar-refractivity contribution in [1.29, 1.82) is 0 Å². The summed E-state index contributed by atoms with van der Waals surface area (Å²) in [6, 6.07) is 5.93. The molecule has 3 heteroatoms. The summed E-state index contributed by atoms with van der Waals surface area (Å²) >= 11 is 0. The highest BCUT2D eigenvalue weighted by Crippen LogP contribution is 2.25.